The van der Waals surface area contributed by atoms with Crippen molar-refractivity contribution < 1.29 is 13.3 Å². The first-order valence-electron chi connectivity index (χ1n) is 5.53. The van der Waals surface area contributed by atoms with E-state index in [2.05, 4.69) is 0 Å². The summed E-state index contributed by atoms with van der Waals surface area (Å²) in [7, 11) is -3.53. The van der Waals surface area contributed by atoms with Gasteiger partial charge in [0.25, 0.3) is 10.0 Å². The van der Waals surface area contributed by atoms with Gasteiger partial charge in [-0.25, -0.2) is 8.42 Å². The van der Waals surface area contributed by atoms with Crippen LogP contribution in [-0.4, -0.2) is 25.0 Å². The summed E-state index contributed by atoms with van der Waals surface area (Å²) in [5, 5.41) is 0. The standard InChI is InChI=1S/C12H13NO3S/c1-9-2-6-12(7-3-9)17(14,15)13-10-4-5-11(8-10)16-13/h2-7,10-11H,8H2,1H3. The van der Waals surface area contributed by atoms with Crippen LogP contribution < -0.4 is 0 Å². The van der Waals surface area contributed by atoms with E-state index in [0.29, 0.717) is 0 Å². The molecule has 0 aromatic heterocycles. The summed E-state index contributed by atoms with van der Waals surface area (Å²) in [4.78, 5) is 5.65. The lowest BCUT2D eigenvalue weighted by Crippen LogP contribution is -2.34. The number of benzene rings is 1. The van der Waals surface area contributed by atoms with Crippen LogP contribution in [0.25, 0.3) is 0 Å². The van der Waals surface area contributed by atoms with Gasteiger partial charge < -0.3 is 0 Å². The van der Waals surface area contributed by atoms with E-state index >= 15 is 0 Å². The molecular formula is C12H13NO3S. The smallest absolute Gasteiger partial charge is 0.265 e. The third-order valence-electron chi connectivity index (χ3n) is 3.09. The van der Waals surface area contributed by atoms with Crippen LogP contribution in [0.2, 0.25) is 0 Å². The van der Waals surface area contributed by atoms with Gasteiger partial charge >= 0.3 is 0 Å². The molecule has 1 heterocycles. The van der Waals surface area contributed by atoms with Crippen molar-refractivity contribution in [3.8, 4) is 0 Å². The third kappa shape index (κ3) is 1.71. The van der Waals surface area contributed by atoms with Gasteiger partial charge in [0.15, 0.2) is 0 Å². The second-order valence-corrected chi connectivity index (χ2v) is 6.19. The molecule has 3 rings (SSSR count). The normalized spacial score (nSPS) is 27.8. The summed E-state index contributed by atoms with van der Waals surface area (Å²) in [5.74, 6) is 0. The largest absolute Gasteiger partial charge is 0.276 e. The summed E-state index contributed by atoms with van der Waals surface area (Å²) >= 11 is 0. The van der Waals surface area contributed by atoms with Gasteiger partial charge in [-0.05, 0) is 19.1 Å². The van der Waals surface area contributed by atoms with Crippen molar-refractivity contribution in [2.45, 2.75) is 30.4 Å². The van der Waals surface area contributed by atoms with Crippen molar-refractivity contribution in [2.75, 3.05) is 0 Å². The van der Waals surface area contributed by atoms with E-state index in [9.17, 15) is 8.42 Å². The fourth-order valence-electron chi connectivity index (χ4n) is 2.14. The first kappa shape index (κ1) is 11.0. The molecule has 0 radical (unpaired) electrons. The van der Waals surface area contributed by atoms with E-state index in [1.807, 2.05) is 19.1 Å². The molecular weight excluding hydrogens is 238 g/mol. The molecule has 2 bridgehead atoms. The van der Waals surface area contributed by atoms with E-state index in [4.69, 9.17) is 4.84 Å². The zero-order valence-electron chi connectivity index (χ0n) is 9.41. The third-order valence-corrected chi connectivity index (χ3v) is 4.79. The molecule has 2 atom stereocenters. The Kier molecular flexibility index (Phi) is 2.36. The quantitative estimate of drug-likeness (QED) is 0.750. The Balaban J connectivity index is 1.96. The maximum absolute atomic E-state index is 12.3. The molecule has 1 fully saturated rings. The highest BCUT2D eigenvalue weighted by atomic mass is 32.2. The summed E-state index contributed by atoms with van der Waals surface area (Å²) in [6, 6.07) is 6.66. The van der Waals surface area contributed by atoms with Gasteiger partial charge in [0.05, 0.1) is 10.9 Å². The maximum atomic E-state index is 12.3. The van der Waals surface area contributed by atoms with E-state index in [1.54, 1.807) is 24.3 Å². The lowest BCUT2D eigenvalue weighted by molar-refractivity contribution is -0.0744. The molecule has 0 amide bonds. The average molecular weight is 251 g/mol. The molecule has 0 spiro atoms. The Bertz CT molecular complexity index is 562. The van der Waals surface area contributed by atoms with Gasteiger partial charge in [-0.15, -0.1) is 0 Å². The fraction of sp³-hybridized carbons (Fsp3) is 0.333. The van der Waals surface area contributed by atoms with Crippen LogP contribution in [0.5, 0.6) is 0 Å². The molecule has 17 heavy (non-hydrogen) atoms. The number of rotatable bonds is 2. The zero-order chi connectivity index (χ0) is 12.0. The van der Waals surface area contributed by atoms with Crippen LogP contribution in [0.3, 0.4) is 0 Å². The van der Waals surface area contributed by atoms with Gasteiger partial charge in [0.2, 0.25) is 0 Å². The summed E-state index contributed by atoms with van der Waals surface area (Å²) < 4.78 is 25.7. The topological polar surface area (TPSA) is 46.6 Å². The van der Waals surface area contributed by atoms with Gasteiger partial charge in [-0.1, -0.05) is 34.3 Å². The van der Waals surface area contributed by atoms with Gasteiger partial charge in [0, 0.05) is 6.42 Å². The van der Waals surface area contributed by atoms with Gasteiger partial charge in [-0.2, -0.15) is 0 Å². The molecule has 1 aromatic rings. The van der Waals surface area contributed by atoms with Crippen molar-refractivity contribution in [1.82, 2.24) is 4.47 Å². The van der Waals surface area contributed by atoms with Crippen LogP contribution in [0.4, 0.5) is 0 Å². The molecule has 90 valence electrons. The van der Waals surface area contributed by atoms with Crippen LogP contribution in [-0.2, 0) is 14.9 Å². The number of aryl methyl sites for hydroxylation is 1. The first-order chi connectivity index (χ1) is 8.07. The summed E-state index contributed by atoms with van der Waals surface area (Å²) in [6.45, 7) is 1.92. The van der Waals surface area contributed by atoms with Crippen LogP contribution >= 0.6 is 0 Å². The highest BCUT2D eigenvalue weighted by Crippen LogP contribution is 2.33. The number of hydrogen-bond acceptors (Lipinski definition) is 3. The second kappa shape index (κ2) is 3.66. The van der Waals surface area contributed by atoms with Crippen molar-refractivity contribution in [2.24, 2.45) is 0 Å². The van der Waals surface area contributed by atoms with Crippen LogP contribution in [0.15, 0.2) is 41.3 Å². The molecule has 1 aromatic carbocycles. The summed E-state index contributed by atoms with van der Waals surface area (Å²) in [5.41, 5.74) is 1.03. The van der Waals surface area contributed by atoms with E-state index in [-0.39, 0.29) is 17.0 Å². The molecule has 2 unspecified atom stereocenters. The van der Waals surface area contributed by atoms with E-state index < -0.39 is 10.0 Å². The van der Waals surface area contributed by atoms with Crippen molar-refractivity contribution in [1.29, 1.82) is 0 Å². The van der Waals surface area contributed by atoms with Crippen LogP contribution in [0, 0.1) is 6.92 Å². The Labute approximate surface area is 101 Å². The Hall–Kier alpha value is -1.17. The highest BCUT2D eigenvalue weighted by Gasteiger charge is 2.43. The molecule has 2 aliphatic rings. The van der Waals surface area contributed by atoms with Gasteiger partial charge in [-0.3, -0.25) is 4.84 Å². The lowest BCUT2D eigenvalue weighted by atomic mass is 10.2. The number of sulfonamides is 1. The van der Waals surface area contributed by atoms with E-state index in [0.717, 1.165) is 16.5 Å². The Morgan fingerprint density at radius 1 is 1.24 bits per heavy atom. The molecule has 4 nitrogen and oxygen atoms in total. The monoisotopic (exact) mass is 251 g/mol. The first-order valence-corrected chi connectivity index (χ1v) is 6.97. The Morgan fingerprint density at radius 2 is 1.94 bits per heavy atom. The number of hydrogen-bond donors (Lipinski definition) is 0. The highest BCUT2D eigenvalue weighted by molar-refractivity contribution is 7.89. The minimum absolute atomic E-state index is 0.0831. The van der Waals surface area contributed by atoms with Gasteiger partial charge in [0.1, 0.15) is 6.10 Å². The predicted molar refractivity (Wildman–Crippen MR) is 62.6 cm³/mol. The minimum Gasteiger partial charge on any atom is -0.276 e. The molecule has 1 aliphatic heterocycles. The molecule has 1 saturated heterocycles. The maximum Gasteiger partial charge on any atom is 0.265 e. The SMILES string of the molecule is Cc1ccc(S(=O)(=O)N2OC3C=CC2C3)cc1. The lowest BCUT2D eigenvalue weighted by Gasteiger charge is -2.22. The molecule has 5 heteroatoms. The van der Waals surface area contributed by atoms with Crippen molar-refractivity contribution >= 4 is 10.0 Å². The summed E-state index contributed by atoms with van der Waals surface area (Å²) in [6.07, 6.45) is 4.44. The fourth-order valence-corrected chi connectivity index (χ4v) is 3.57. The minimum atomic E-state index is -3.53. The Morgan fingerprint density at radius 3 is 2.47 bits per heavy atom. The molecule has 1 aliphatic carbocycles. The van der Waals surface area contributed by atoms with Crippen molar-refractivity contribution in [3.05, 3.63) is 42.0 Å². The van der Waals surface area contributed by atoms with Crippen LogP contribution in [0.1, 0.15) is 12.0 Å². The number of nitrogens with zero attached hydrogens (tertiary/aromatic N) is 1. The molecule has 0 N–H and O–H groups in total. The average Bonchev–Trinajstić information content (AvgIpc) is 2.91. The zero-order valence-corrected chi connectivity index (χ0v) is 10.2. The molecule has 0 saturated carbocycles. The van der Waals surface area contributed by atoms with Crippen molar-refractivity contribution in [3.63, 3.8) is 0 Å². The number of fused-ring (bicyclic) bond motifs is 2. The second-order valence-electron chi connectivity index (χ2n) is 4.41. The number of hydroxylamine groups is 1. The van der Waals surface area contributed by atoms with E-state index in [1.165, 1.54) is 0 Å². The predicted octanol–water partition coefficient (Wildman–Crippen LogP) is 1.63.